The van der Waals surface area contributed by atoms with Gasteiger partial charge in [0, 0.05) is 13.2 Å². The number of carbonyl (C=O) groups is 2. The minimum absolute atomic E-state index is 0.173. The molecule has 1 aromatic rings. The van der Waals surface area contributed by atoms with Crippen LogP contribution in [-0.4, -0.2) is 37.4 Å². The number of carbonyl (C=O) groups excluding carboxylic acids is 1. The van der Waals surface area contributed by atoms with Crippen molar-refractivity contribution in [3.63, 3.8) is 0 Å². The van der Waals surface area contributed by atoms with Crippen LogP contribution < -0.4 is 10.1 Å². The maximum absolute atomic E-state index is 11.2. The van der Waals surface area contributed by atoms with Gasteiger partial charge in [-0.1, -0.05) is 12.1 Å². The molecule has 0 aliphatic heterocycles. The van der Waals surface area contributed by atoms with E-state index in [0.29, 0.717) is 5.75 Å². The zero-order chi connectivity index (χ0) is 14.1. The number of benzene rings is 1. The largest absolute Gasteiger partial charge is 0.480 e. The third kappa shape index (κ3) is 6.23. The van der Waals surface area contributed by atoms with Crippen molar-refractivity contribution in [2.45, 2.75) is 0 Å². The summed E-state index contributed by atoms with van der Waals surface area (Å²) in [4.78, 5) is 21.5. The van der Waals surface area contributed by atoms with Crippen molar-refractivity contribution in [3.8, 4) is 5.75 Å². The van der Waals surface area contributed by atoms with Gasteiger partial charge in [0.15, 0.2) is 6.79 Å². The monoisotopic (exact) mass is 265 g/mol. The second kappa shape index (κ2) is 7.88. The summed E-state index contributed by atoms with van der Waals surface area (Å²) in [5.41, 5.74) is 0.801. The Morgan fingerprint density at radius 1 is 1.32 bits per heavy atom. The zero-order valence-corrected chi connectivity index (χ0v) is 10.5. The van der Waals surface area contributed by atoms with E-state index in [4.69, 9.17) is 14.6 Å². The Morgan fingerprint density at radius 2 is 2.00 bits per heavy atom. The second-order valence-corrected chi connectivity index (χ2v) is 3.56. The highest BCUT2D eigenvalue weighted by atomic mass is 16.7. The predicted molar refractivity (Wildman–Crippen MR) is 68.6 cm³/mol. The lowest BCUT2D eigenvalue weighted by molar-refractivity contribution is -0.137. The van der Waals surface area contributed by atoms with Crippen LogP contribution in [0.2, 0.25) is 0 Å². The molecule has 0 aliphatic carbocycles. The molecule has 0 saturated carbocycles. The normalized spacial score (nSPS) is 10.4. The molecule has 6 heteroatoms. The van der Waals surface area contributed by atoms with Crippen molar-refractivity contribution in [1.29, 1.82) is 0 Å². The van der Waals surface area contributed by atoms with Gasteiger partial charge in [0.05, 0.1) is 0 Å². The quantitative estimate of drug-likeness (QED) is 0.565. The van der Waals surface area contributed by atoms with E-state index in [2.05, 4.69) is 5.32 Å². The Kier molecular flexibility index (Phi) is 6.11. The van der Waals surface area contributed by atoms with Gasteiger partial charge in [0.2, 0.25) is 5.91 Å². The molecule has 0 spiro atoms. The van der Waals surface area contributed by atoms with Crippen molar-refractivity contribution >= 4 is 18.0 Å². The van der Waals surface area contributed by atoms with Crippen LogP contribution in [0, 0.1) is 0 Å². The van der Waals surface area contributed by atoms with E-state index in [1.54, 1.807) is 30.3 Å². The molecule has 0 fully saturated rings. The summed E-state index contributed by atoms with van der Waals surface area (Å²) in [6.45, 7) is -0.222. The molecular formula is C13H15NO5. The molecule has 0 aliphatic rings. The number of hydrogen-bond acceptors (Lipinski definition) is 4. The number of carboxylic acids is 1. The molecule has 0 heterocycles. The first-order valence-corrected chi connectivity index (χ1v) is 5.51. The summed E-state index contributed by atoms with van der Waals surface area (Å²) in [6, 6.07) is 7.03. The first-order valence-electron chi connectivity index (χ1n) is 5.51. The average molecular weight is 265 g/mol. The van der Waals surface area contributed by atoms with E-state index in [9.17, 15) is 9.59 Å². The van der Waals surface area contributed by atoms with Crippen LogP contribution in [0.5, 0.6) is 5.75 Å². The summed E-state index contributed by atoms with van der Waals surface area (Å²) in [6.07, 6.45) is 2.85. The Morgan fingerprint density at radius 3 is 2.58 bits per heavy atom. The molecule has 0 aromatic heterocycles. The highest BCUT2D eigenvalue weighted by Gasteiger charge is 1.99. The van der Waals surface area contributed by atoms with E-state index in [-0.39, 0.29) is 6.79 Å². The van der Waals surface area contributed by atoms with Gasteiger partial charge < -0.3 is 19.9 Å². The molecule has 0 bridgehead atoms. The average Bonchev–Trinajstić information content (AvgIpc) is 2.41. The Bertz CT molecular complexity index is 453. The molecule has 1 aromatic carbocycles. The van der Waals surface area contributed by atoms with Crippen molar-refractivity contribution in [2.24, 2.45) is 0 Å². The molecule has 6 nitrogen and oxygen atoms in total. The van der Waals surface area contributed by atoms with Crippen molar-refractivity contribution in [1.82, 2.24) is 5.32 Å². The van der Waals surface area contributed by atoms with Gasteiger partial charge in [0.1, 0.15) is 12.3 Å². The standard InChI is InChI=1S/C13H15NO5/c1-18-9-19-11-5-2-10(3-6-11)4-7-12(15)14-8-13(16)17/h2-7H,8-9H2,1H3,(H,14,15)(H,16,17)/b7-4+. The third-order valence-electron chi connectivity index (χ3n) is 2.06. The van der Waals surface area contributed by atoms with Crippen molar-refractivity contribution < 1.29 is 24.2 Å². The molecule has 1 amide bonds. The molecule has 0 saturated heterocycles. The Balaban J connectivity index is 2.47. The lowest BCUT2D eigenvalue weighted by atomic mass is 10.2. The van der Waals surface area contributed by atoms with Crippen LogP contribution in [0.15, 0.2) is 30.3 Å². The van der Waals surface area contributed by atoms with Gasteiger partial charge >= 0.3 is 5.97 Å². The van der Waals surface area contributed by atoms with Crippen LogP contribution in [0.1, 0.15) is 5.56 Å². The maximum Gasteiger partial charge on any atom is 0.322 e. The van der Waals surface area contributed by atoms with Crippen molar-refractivity contribution in [2.75, 3.05) is 20.4 Å². The van der Waals surface area contributed by atoms with Crippen LogP contribution in [0.3, 0.4) is 0 Å². The van der Waals surface area contributed by atoms with Crippen LogP contribution in [0.25, 0.3) is 6.08 Å². The van der Waals surface area contributed by atoms with Gasteiger partial charge in [-0.3, -0.25) is 9.59 Å². The van der Waals surface area contributed by atoms with E-state index >= 15 is 0 Å². The van der Waals surface area contributed by atoms with Gasteiger partial charge in [-0.15, -0.1) is 0 Å². The van der Waals surface area contributed by atoms with Crippen LogP contribution in [0.4, 0.5) is 0 Å². The number of ether oxygens (including phenoxy) is 2. The fourth-order valence-electron chi connectivity index (χ4n) is 1.20. The van der Waals surface area contributed by atoms with Crippen molar-refractivity contribution in [3.05, 3.63) is 35.9 Å². The smallest absolute Gasteiger partial charge is 0.322 e. The van der Waals surface area contributed by atoms with E-state index in [1.807, 2.05) is 0 Å². The first kappa shape index (κ1) is 14.7. The fourth-order valence-corrected chi connectivity index (χ4v) is 1.20. The lowest BCUT2D eigenvalue weighted by Crippen LogP contribution is -2.27. The summed E-state index contributed by atoms with van der Waals surface area (Å²) >= 11 is 0. The lowest BCUT2D eigenvalue weighted by Gasteiger charge is -2.04. The molecular weight excluding hydrogens is 250 g/mol. The number of carboxylic acid groups (broad SMARTS) is 1. The number of rotatable bonds is 7. The molecule has 2 N–H and O–H groups in total. The maximum atomic E-state index is 11.2. The summed E-state index contributed by atoms with van der Waals surface area (Å²) in [5.74, 6) is -0.877. The topological polar surface area (TPSA) is 84.9 Å². The number of hydrogen-bond donors (Lipinski definition) is 2. The molecule has 0 radical (unpaired) electrons. The minimum Gasteiger partial charge on any atom is -0.480 e. The van der Waals surface area contributed by atoms with Crippen LogP contribution >= 0.6 is 0 Å². The molecule has 1 rings (SSSR count). The van der Waals surface area contributed by atoms with Gasteiger partial charge in [-0.05, 0) is 23.8 Å². The zero-order valence-electron chi connectivity index (χ0n) is 10.5. The fraction of sp³-hybridized carbons (Fsp3) is 0.231. The summed E-state index contributed by atoms with van der Waals surface area (Å²) < 4.78 is 9.97. The molecule has 19 heavy (non-hydrogen) atoms. The third-order valence-corrected chi connectivity index (χ3v) is 2.06. The minimum atomic E-state index is -1.08. The number of aliphatic carboxylic acids is 1. The van der Waals surface area contributed by atoms with Gasteiger partial charge in [0.25, 0.3) is 0 Å². The molecule has 0 unspecified atom stereocenters. The molecule has 102 valence electrons. The van der Waals surface area contributed by atoms with Gasteiger partial charge in [-0.2, -0.15) is 0 Å². The van der Waals surface area contributed by atoms with E-state index in [1.165, 1.54) is 13.2 Å². The van der Waals surface area contributed by atoms with E-state index in [0.717, 1.165) is 5.56 Å². The second-order valence-electron chi connectivity index (χ2n) is 3.56. The highest BCUT2D eigenvalue weighted by molar-refractivity contribution is 5.93. The predicted octanol–water partition coefficient (Wildman–Crippen LogP) is 0.883. The first-order chi connectivity index (χ1) is 9.11. The summed E-state index contributed by atoms with van der Waals surface area (Å²) in [7, 11) is 1.53. The Hall–Kier alpha value is -2.34. The van der Waals surface area contributed by atoms with E-state index < -0.39 is 18.4 Å². The van der Waals surface area contributed by atoms with Crippen LogP contribution in [-0.2, 0) is 14.3 Å². The highest BCUT2D eigenvalue weighted by Crippen LogP contribution is 2.12. The number of methoxy groups -OCH3 is 1. The SMILES string of the molecule is COCOc1ccc(/C=C/C(=O)NCC(=O)O)cc1. The molecule has 0 atom stereocenters. The Labute approximate surface area is 110 Å². The number of amides is 1. The number of nitrogens with one attached hydrogen (secondary N) is 1. The van der Waals surface area contributed by atoms with Gasteiger partial charge in [-0.25, -0.2) is 0 Å². The summed E-state index contributed by atoms with van der Waals surface area (Å²) in [5, 5.41) is 10.6.